The van der Waals surface area contributed by atoms with Gasteiger partial charge in [0.15, 0.2) is 11.6 Å². The van der Waals surface area contributed by atoms with Gasteiger partial charge in [-0.1, -0.05) is 11.6 Å². The van der Waals surface area contributed by atoms with Gasteiger partial charge in [-0.3, -0.25) is 9.59 Å². The molecule has 1 aliphatic rings. The number of rotatable bonds is 6. The lowest BCUT2D eigenvalue weighted by atomic mass is 10.2. The number of aromatic nitrogens is 1. The van der Waals surface area contributed by atoms with Crippen LogP contribution < -0.4 is 14.4 Å². The summed E-state index contributed by atoms with van der Waals surface area (Å²) in [4.78, 5) is 26.1. The van der Waals surface area contributed by atoms with E-state index in [1.807, 2.05) is 0 Å². The Kier molecular flexibility index (Phi) is 9.06. The molecule has 10 nitrogen and oxygen atoms in total. The summed E-state index contributed by atoms with van der Waals surface area (Å²) in [6, 6.07) is 2.43. The summed E-state index contributed by atoms with van der Waals surface area (Å²) in [5, 5.41) is 7.03. The Morgan fingerprint density at radius 2 is 1.97 bits per heavy atom. The quantitative estimate of drug-likeness (QED) is 0.552. The second kappa shape index (κ2) is 11.4. The number of carbonyl (C=O) groups excluding carboxylic acids is 1. The Morgan fingerprint density at radius 1 is 1.32 bits per heavy atom. The average Bonchev–Trinajstić information content (AvgIpc) is 3.16. The van der Waals surface area contributed by atoms with Crippen molar-refractivity contribution in [2.45, 2.75) is 12.6 Å². The maximum atomic E-state index is 14.4. The van der Waals surface area contributed by atoms with Gasteiger partial charge in [-0.05, 0) is 12.5 Å². The van der Waals surface area contributed by atoms with Crippen LogP contribution >= 0.6 is 11.6 Å². The van der Waals surface area contributed by atoms with Crippen molar-refractivity contribution in [2.24, 2.45) is 0 Å². The van der Waals surface area contributed by atoms with Gasteiger partial charge < -0.3 is 14.7 Å². The largest absolute Gasteiger partial charge is 0.483 e. The van der Waals surface area contributed by atoms with Crippen molar-refractivity contribution in [1.29, 1.82) is 0 Å². The predicted octanol–water partition coefficient (Wildman–Crippen LogP) is 2.59. The summed E-state index contributed by atoms with van der Waals surface area (Å²) in [5.41, 5.74) is -0.823. The number of amides is 1. The van der Waals surface area contributed by atoms with E-state index in [-0.39, 0.29) is 23.8 Å². The molecule has 15 heteroatoms. The fourth-order valence-electron chi connectivity index (χ4n) is 2.78. The zero-order valence-corrected chi connectivity index (χ0v) is 19.4. The number of hydrogen-bond donors (Lipinski definition) is 2. The van der Waals surface area contributed by atoms with Gasteiger partial charge >= 0.3 is 10.2 Å². The van der Waals surface area contributed by atoms with E-state index in [4.69, 9.17) is 26.2 Å². The summed E-state index contributed by atoms with van der Waals surface area (Å²) in [5.74, 6) is -3.91. The van der Waals surface area contributed by atoms with Crippen LogP contribution in [0.5, 0.6) is 11.5 Å². The number of alkyl halides is 1. The van der Waals surface area contributed by atoms with E-state index in [2.05, 4.69) is 4.98 Å². The van der Waals surface area contributed by atoms with Crippen molar-refractivity contribution in [2.75, 3.05) is 32.1 Å². The van der Waals surface area contributed by atoms with E-state index in [0.717, 1.165) is 14.1 Å². The van der Waals surface area contributed by atoms with Crippen LogP contribution in [0.4, 0.5) is 19.0 Å². The zero-order valence-electron chi connectivity index (χ0n) is 17.8. The molecule has 3 rings (SSSR count). The SMILES string of the molecule is CN(C)S(=O)(=O)NC(=O)c1cc(F)c(Oc2cnc(N3CCC(F)C3)c(Cl)c2)cc1F.O=CO. The second-order valence-corrected chi connectivity index (χ2v) is 9.29. The molecule has 0 radical (unpaired) electrons. The number of nitrogens with zero attached hydrogens (tertiary/aromatic N) is 3. The minimum atomic E-state index is -4.19. The van der Waals surface area contributed by atoms with E-state index in [1.54, 1.807) is 9.62 Å². The molecule has 1 amide bonds. The molecule has 1 aromatic carbocycles. The molecule has 1 aliphatic heterocycles. The van der Waals surface area contributed by atoms with Gasteiger partial charge in [-0.2, -0.15) is 12.7 Å². The van der Waals surface area contributed by atoms with Crippen LogP contribution in [0.1, 0.15) is 16.8 Å². The van der Waals surface area contributed by atoms with E-state index in [1.165, 1.54) is 12.3 Å². The molecule has 1 atom stereocenters. The standard InChI is InChI=1S/C18H18ClF3N4O4S.CH2O2/c1-25(2)31(28,29)24-18(27)12-6-15(22)16(7-14(12)21)30-11-5-13(19)17(23-8-11)26-4-3-10(20)9-26;2-1-3/h5-8,10H,3-4,9H2,1-2H3,(H,24,27);1H,(H,2,3). The molecule has 0 saturated carbocycles. The van der Waals surface area contributed by atoms with E-state index >= 15 is 0 Å². The smallest absolute Gasteiger partial charge is 0.303 e. The Morgan fingerprint density at radius 3 is 2.50 bits per heavy atom. The van der Waals surface area contributed by atoms with E-state index < -0.39 is 45.2 Å². The predicted molar refractivity (Wildman–Crippen MR) is 116 cm³/mol. The van der Waals surface area contributed by atoms with Crippen LogP contribution in [0, 0.1) is 11.6 Å². The normalized spacial score (nSPS) is 15.5. The number of anilines is 1. The Bertz CT molecular complexity index is 1170. The number of pyridine rings is 1. The Hall–Kier alpha value is -3.10. The van der Waals surface area contributed by atoms with Crippen LogP contribution in [0.15, 0.2) is 24.4 Å². The van der Waals surface area contributed by atoms with Gasteiger partial charge in [-0.25, -0.2) is 22.9 Å². The van der Waals surface area contributed by atoms with Crippen molar-refractivity contribution in [3.63, 3.8) is 0 Å². The lowest BCUT2D eigenvalue weighted by Gasteiger charge is -2.18. The highest BCUT2D eigenvalue weighted by molar-refractivity contribution is 7.87. The fourth-order valence-corrected chi connectivity index (χ4v) is 3.59. The van der Waals surface area contributed by atoms with Crippen molar-refractivity contribution in [3.8, 4) is 11.5 Å². The van der Waals surface area contributed by atoms with Crippen molar-refractivity contribution in [1.82, 2.24) is 14.0 Å². The molecule has 1 fully saturated rings. The molecule has 0 aliphatic carbocycles. The van der Waals surface area contributed by atoms with Gasteiger partial charge in [0.25, 0.3) is 12.4 Å². The van der Waals surface area contributed by atoms with Crippen LogP contribution in [0.2, 0.25) is 5.02 Å². The molecule has 2 aromatic rings. The van der Waals surface area contributed by atoms with Crippen molar-refractivity contribution in [3.05, 3.63) is 46.6 Å². The van der Waals surface area contributed by atoms with Crippen LogP contribution in [-0.2, 0) is 15.0 Å². The summed E-state index contributed by atoms with van der Waals surface area (Å²) in [7, 11) is -1.87. The third kappa shape index (κ3) is 6.71. The highest BCUT2D eigenvalue weighted by atomic mass is 35.5. The first-order valence-corrected chi connectivity index (χ1v) is 11.2. The minimum absolute atomic E-state index is 0.0181. The third-order valence-corrected chi connectivity index (χ3v) is 6.11. The molecule has 2 heterocycles. The lowest BCUT2D eigenvalue weighted by molar-refractivity contribution is -0.122. The number of benzene rings is 1. The first kappa shape index (κ1) is 27.1. The first-order chi connectivity index (χ1) is 15.9. The molecule has 0 bridgehead atoms. The highest BCUT2D eigenvalue weighted by Gasteiger charge is 2.26. The monoisotopic (exact) mass is 524 g/mol. The summed E-state index contributed by atoms with van der Waals surface area (Å²) in [6.07, 6.45) is 0.597. The Balaban J connectivity index is 0.00000129. The number of ether oxygens (including phenoxy) is 1. The van der Waals surface area contributed by atoms with Gasteiger partial charge in [0.05, 0.1) is 23.3 Å². The van der Waals surface area contributed by atoms with Gasteiger partial charge in [-0.15, -0.1) is 0 Å². The summed E-state index contributed by atoms with van der Waals surface area (Å²) in [6.45, 7) is 0.348. The van der Waals surface area contributed by atoms with Gasteiger partial charge in [0.1, 0.15) is 23.6 Å². The molecule has 1 aromatic heterocycles. The third-order valence-electron chi connectivity index (χ3n) is 4.42. The Labute approximate surface area is 198 Å². The molecule has 1 unspecified atom stereocenters. The van der Waals surface area contributed by atoms with Crippen molar-refractivity contribution < 1.29 is 41.0 Å². The molecule has 1 saturated heterocycles. The van der Waals surface area contributed by atoms with E-state index in [9.17, 15) is 26.4 Å². The topological polar surface area (TPSA) is 129 Å². The molecule has 0 spiro atoms. The van der Waals surface area contributed by atoms with Gasteiger partial charge in [0.2, 0.25) is 0 Å². The van der Waals surface area contributed by atoms with Gasteiger partial charge in [0, 0.05) is 32.8 Å². The first-order valence-electron chi connectivity index (χ1n) is 9.43. The number of nitrogens with one attached hydrogen (secondary N) is 1. The number of carbonyl (C=O) groups is 2. The average molecular weight is 525 g/mol. The van der Waals surface area contributed by atoms with E-state index in [0.29, 0.717) is 35.2 Å². The highest BCUT2D eigenvalue weighted by Crippen LogP contribution is 2.33. The van der Waals surface area contributed by atoms with Crippen LogP contribution in [-0.4, -0.2) is 68.5 Å². The number of carboxylic acid groups (broad SMARTS) is 1. The zero-order chi connectivity index (χ0) is 25.6. The van der Waals surface area contributed by atoms with Crippen LogP contribution in [0.25, 0.3) is 0 Å². The summed E-state index contributed by atoms with van der Waals surface area (Å²) >= 11 is 6.16. The fraction of sp³-hybridized carbons (Fsp3) is 0.316. The molecule has 2 N–H and O–H groups in total. The molecule has 186 valence electrons. The molecular formula is C19H20ClF3N4O6S. The minimum Gasteiger partial charge on any atom is -0.483 e. The van der Waals surface area contributed by atoms with Crippen molar-refractivity contribution >= 4 is 40.0 Å². The van der Waals surface area contributed by atoms with Crippen LogP contribution in [0.3, 0.4) is 0 Å². The second-order valence-electron chi connectivity index (χ2n) is 7.00. The lowest BCUT2D eigenvalue weighted by Crippen LogP contribution is -2.39. The number of halogens is 4. The maximum Gasteiger partial charge on any atom is 0.303 e. The number of hydrogen-bond acceptors (Lipinski definition) is 7. The molecule has 34 heavy (non-hydrogen) atoms. The summed E-state index contributed by atoms with van der Waals surface area (Å²) < 4.78 is 73.1. The maximum absolute atomic E-state index is 14.4. The molecular weight excluding hydrogens is 505 g/mol.